The molecule has 0 aliphatic heterocycles. The molecule has 1 aliphatic carbocycles. The molecule has 1 rings (SSSR count). The average Bonchev–Trinajstić information content (AvgIpc) is 2.12. The van der Waals surface area contributed by atoms with E-state index in [1.807, 2.05) is 12.2 Å². The molecule has 0 atom stereocenters. The lowest BCUT2D eigenvalue weighted by atomic mass is 9.88. The van der Waals surface area contributed by atoms with Crippen LogP contribution in [0, 0.1) is 5.41 Å². The fraction of sp³-hybridized carbons (Fsp3) is 0.500. The van der Waals surface area contributed by atoms with Crippen LogP contribution in [0.4, 0.5) is 0 Å². The zero-order valence-electron chi connectivity index (χ0n) is 6.94. The van der Waals surface area contributed by atoms with Crippen LogP contribution in [-0.4, -0.2) is 0 Å². The van der Waals surface area contributed by atoms with Gasteiger partial charge in [-0.05, 0) is 23.5 Å². The van der Waals surface area contributed by atoms with Gasteiger partial charge in [0.25, 0.3) is 0 Å². The topological polar surface area (TPSA) is 0 Å². The van der Waals surface area contributed by atoms with Crippen molar-refractivity contribution in [2.75, 3.05) is 0 Å². The average molecular weight is 134 g/mol. The lowest BCUT2D eigenvalue weighted by Crippen LogP contribution is -2.04. The molecule has 54 valence electrons. The van der Waals surface area contributed by atoms with E-state index < -0.39 is 0 Å². The molecule has 0 amide bonds. The highest BCUT2D eigenvalue weighted by Crippen LogP contribution is 2.24. The van der Waals surface area contributed by atoms with Gasteiger partial charge in [0.05, 0.1) is 0 Å². The Morgan fingerprint density at radius 2 is 2.10 bits per heavy atom. The van der Waals surface area contributed by atoms with Crippen LogP contribution < -0.4 is 0 Å². The Hall–Kier alpha value is -0.740. The van der Waals surface area contributed by atoms with Gasteiger partial charge in [-0.3, -0.25) is 0 Å². The van der Waals surface area contributed by atoms with Gasteiger partial charge >= 0.3 is 0 Å². The third-order valence-electron chi connectivity index (χ3n) is 1.38. The van der Waals surface area contributed by atoms with E-state index in [1.165, 1.54) is 5.57 Å². The van der Waals surface area contributed by atoms with E-state index in [9.17, 15) is 0 Å². The third kappa shape index (κ3) is 2.24. The van der Waals surface area contributed by atoms with Crippen LogP contribution >= 0.6 is 0 Å². The minimum absolute atomic E-state index is 0.394. The zero-order chi connectivity index (χ0) is 7.61. The first-order valence-corrected chi connectivity index (χ1v) is 3.70. The molecule has 0 nitrogen and oxygen atoms in total. The van der Waals surface area contributed by atoms with E-state index in [0.29, 0.717) is 5.41 Å². The second-order valence-corrected chi connectivity index (χ2v) is 3.93. The van der Waals surface area contributed by atoms with Gasteiger partial charge in [-0.2, -0.15) is 0 Å². The highest BCUT2D eigenvalue weighted by atomic mass is 14.2. The first-order valence-electron chi connectivity index (χ1n) is 3.70. The molecule has 0 aromatic heterocycles. The van der Waals surface area contributed by atoms with Crippen LogP contribution in [0.3, 0.4) is 0 Å². The van der Waals surface area contributed by atoms with E-state index >= 15 is 0 Å². The molecule has 10 heavy (non-hydrogen) atoms. The van der Waals surface area contributed by atoms with Gasteiger partial charge in [0.2, 0.25) is 0 Å². The van der Waals surface area contributed by atoms with Gasteiger partial charge in [-0.25, -0.2) is 0 Å². The van der Waals surface area contributed by atoms with E-state index in [-0.39, 0.29) is 0 Å². The number of rotatable bonds is 1. The molecule has 0 heteroatoms. The molecule has 0 aromatic carbocycles. The molecular formula is C10H14. The summed E-state index contributed by atoms with van der Waals surface area (Å²) in [5.74, 6) is 0. The van der Waals surface area contributed by atoms with E-state index in [2.05, 4.69) is 32.6 Å². The Kier molecular flexibility index (Phi) is 1.82. The van der Waals surface area contributed by atoms with E-state index in [1.54, 1.807) is 0 Å². The van der Waals surface area contributed by atoms with Crippen molar-refractivity contribution in [1.29, 1.82) is 0 Å². The lowest BCUT2D eigenvalue weighted by Gasteiger charge is -2.16. The summed E-state index contributed by atoms with van der Waals surface area (Å²) in [6.07, 6.45) is 7.27. The molecule has 0 aromatic rings. The quantitative estimate of drug-likeness (QED) is 0.483. The maximum absolute atomic E-state index is 3.19. The highest BCUT2D eigenvalue weighted by molar-refractivity contribution is 5.29. The highest BCUT2D eigenvalue weighted by Gasteiger charge is 2.11. The smallest absolute Gasteiger partial charge is 0.00549 e. The van der Waals surface area contributed by atoms with Crippen LogP contribution in [0.5, 0.6) is 0 Å². The maximum Gasteiger partial charge on any atom is -0.00549 e. The van der Waals surface area contributed by atoms with Crippen LogP contribution in [0.15, 0.2) is 29.5 Å². The summed E-state index contributed by atoms with van der Waals surface area (Å²) >= 11 is 0. The number of hydrogen-bond acceptors (Lipinski definition) is 0. The Bertz CT molecular complexity index is 205. The minimum atomic E-state index is 0.394. The summed E-state index contributed by atoms with van der Waals surface area (Å²) in [5, 5.41) is 0. The second-order valence-electron chi connectivity index (χ2n) is 3.93. The summed E-state index contributed by atoms with van der Waals surface area (Å²) in [7, 11) is 0. The SMILES string of the molecule is CC(C)(C)CC1=C=CC=C1. The van der Waals surface area contributed by atoms with Gasteiger partial charge in [-0.15, -0.1) is 5.73 Å². The van der Waals surface area contributed by atoms with Crippen LogP contribution in [0.1, 0.15) is 27.2 Å². The molecule has 0 unspecified atom stereocenters. The van der Waals surface area contributed by atoms with Crippen molar-refractivity contribution in [2.24, 2.45) is 5.41 Å². The van der Waals surface area contributed by atoms with Gasteiger partial charge in [0, 0.05) is 0 Å². The van der Waals surface area contributed by atoms with E-state index in [0.717, 1.165) is 6.42 Å². The van der Waals surface area contributed by atoms with Crippen molar-refractivity contribution in [3.63, 3.8) is 0 Å². The molecule has 0 saturated heterocycles. The molecular weight excluding hydrogens is 120 g/mol. The maximum atomic E-state index is 3.19. The number of hydrogen-bond donors (Lipinski definition) is 0. The van der Waals surface area contributed by atoms with Crippen LogP contribution in [0.2, 0.25) is 0 Å². The molecule has 0 fully saturated rings. The summed E-state index contributed by atoms with van der Waals surface area (Å²) in [6, 6.07) is 0. The summed E-state index contributed by atoms with van der Waals surface area (Å²) < 4.78 is 0. The predicted octanol–water partition coefficient (Wildman–Crippen LogP) is 3.07. The molecule has 0 radical (unpaired) electrons. The normalized spacial score (nSPS) is 16.1. The number of allylic oxidation sites excluding steroid dienone is 3. The molecule has 0 spiro atoms. The molecule has 0 heterocycles. The fourth-order valence-corrected chi connectivity index (χ4v) is 1.05. The Balaban J connectivity index is 2.56. The molecule has 1 aliphatic rings. The van der Waals surface area contributed by atoms with Crippen molar-refractivity contribution in [3.05, 3.63) is 29.5 Å². The van der Waals surface area contributed by atoms with Crippen molar-refractivity contribution >= 4 is 0 Å². The largest absolute Gasteiger partial charge is 0.117 e. The van der Waals surface area contributed by atoms with Crippen LogP contribution in [-0.2, 0) is 0 Å². The molecule has 0 N–H and O–H groups in total. The summed E-state index contributed by atoms with van der Waals surface area (Å²) in [6.45, 7) is 6.73. The van der Waals surface area contributed by atoms with E-state index in [4.69, 9.17) is 0 Å². The predicted molar refractivity (Wildman–Crippen MR) is 44.8 cm³/mol. The zero-order valence-corrected chi connectivity index (χ0v) is 6.94. The van der Waals surface area contributed by atoms with Gasteiger partial charge in [-0.1, -0.05) is 32.9 Å². The summed E-state index contributed by atoms with van der Waals surface area (Å²) in [4.78, 5) is 0. The third-order valence-corrected chi connectivity index (χ3v) is 1.38. The Morgan fingerprint density at radius 3 is 2.50 bits per heavy atom. The first kappa shape index (κ1) is 7.37. The van der Waals surface area contributed by atoms with Gasteiger partial charge in [0.1, 0.15) is 0 Å². The molecule has 0 bridgehead atoms. The Morgan fingerprint density at radius 1 is 1.40 bits per heavy atom. The Labute approximate surface area is 62.9 Å². The first-order chi connectivity index (χ1) is 4.58. The monoisotopic (exact) mass is 134 g/mol. The van der Waals surface area contributed by atoms with Gasteiger partial charge < -0.3 is 0 Å². The van der Waals surface area contributed by atoms with Crippen molar-refractivity contribution in [1.82, 2.24) is 0 Å². The van der Waals surface area contributed by atoms with Crippen LogP contribution in [0.25, 0.3) is 0 Å². The second kappa shape index (κ2) is 2.48. The minimum Gasteiger partial charge on any atom is -0.117 e. The van der Waals surface area contributed by atoms with Gasteiger partial charge in [0.15, 0.2) is 0 Å². The molecule has 0 saturated carbocycles. The van der Waals surface area contributed by atoms with Crippen molar-refractivity contribution in [2.45, 2.75) is 27.2 Å². The fourth-order valence-electron chi connectivity index (χ4n) is 1.05. The van der Waals surface area contributed by atoms with Crippen molar-refractivity contribution in [3.8, 4) is 0 Å². The standard InChI is InChI=1S/C10H14/c1-10(2,3)8-9-6-4-5-7-9/h4-6H,8H2,1-3H3. The van der Waals surface area contributed by atoms with Crippen molar-refractivity contribution < 1.29 is 0 Å². The summed E-state index contributed by atoms with van der Waals surface area (Å²) in [5.41, 5.74) is 4.91. The lowest BCUT2D eigenvalue weighted by molar-refractivity contribution is 0.414.